The van der Waals surface area contributed by atoms with Gasteiger partial charge in [-0.25, -0.2) is 14.4 Å². The monoisotopic (exact) mass is 472 g/mol. The van der Waals surface area contributed by atoms with E-state index in [1.165, 1.54) is 6.07 Å². The number of halogens is 3. The molecule has 0 radical (unpaired) electrons. The van der Waals surface area contributed by atoms with Crippen LogP contribution in [0.4, 0.5) is 4.39 Å². The highest BCUT2D eigenvalue weighted by Crippen LogP contribution is 2.32. The Labute approximate surface area is 198 Å². The molecule has 0 bridgehead atoms. The smallest absolute Gasteiger partial charge is 0.142 e. The fourth-order valence-corrected chi connectivity index (χ4v) is 4.38. The maximum atomic E-state index is 14.3. The predicted octanol–water partition coefficient (Wildman–Crippen LogP) is 7.89. The van der Waals surface area contributed by atoms with E-state index in [-0.39, 0.29) is 5.56 Å². The first-order valence-electron chi connectivity index (χ1n) is 10.3. The van der Waals surface area contributed by atoms with Crippen LogP contribution in [0, 0.1) is 5.82 Å². The van der Waals surface area contributed by atoms with Crippen LogP contribution in [0.5, 0.6) is 0 Å². The first-order chi connectivity index (χ1) is 16.0. The van der Waals surface area contributed by atoms with Crippen molar-refractivity contribution in [2.75, 3.05) is 0 Å². The molecule has 4 nitrogen and oxygen atoms in total. The Kier molecular flexibility index (Phi) is 4.68. The van der Waals surface area contributed by atoms with Gasteiger partial charge in [0, 0.05) is 10.6 Å². The molecule has 6 aromatic rings. The molecule has 0 amide bonds. The number of rotatable bonds is 3. The molecule has 0 saturated carbocycles. The fraction of sp³-hybridized carbons (Fsp3) is 0. The van der Waals surface area contributed by atoms with E-state index >= 15 is 0 Å². The van der Waals surface area contributed by atoms with Crippen molar-refractivity contribution in [2.45, 2.75) is 0 Å². The Morgan fingerprint density at radius 3 is 2.06 bits per heavy atom. The number of hydrogen-bond donors (Lipinski definition) is 2. The molecule has 7 heteroatoms. The standard InChI is InChI=1S/C26H15Cl2FN4/c27-17-9-11-21-23(13-17)32-25(30-21)15-6-4-14(5-7-15)16-8-10-20-22(12-16)33-26(31-20)24-18(28)2-1-3-19(24)29/h1-13H,(H,30,32)(H,31,33). The van der Waals surface area contributed by atoms with Gasteiger partial charge < -0.3 is 9.97 Å². The van der Waals surface area contributed by atoms with Crippen molar-refractivity contribution in [1.29, 1.82) is 0 Å². The van der Waals surface area contributed by atoms with E-state index in [0.717, 1.165) is 44.6 Å². The van der Waals surface area contributed by atoms with Crippen LogP contribution in [0.1, 0.15) is 0 Å². The van der Waals surface area contributed by atoms with Gasteiger partial charge in [0.15, 0.2) is 0 Å². The number of H-pyrrole nitrogens is 2. The summed E-state index contributed by atoms with van der Waals surface area (Å²) in [6.45, 7) is 0. The van der Waals surface area contributed by atoms with Gasteiger partial charge in [-0.15, -0.1) is 0 Å². The van der Waals surface area contributed by atoms with E-state index in [1.54, 1.807) is 12.1 Å². The van der Waals surface area contributed by atoms with Crippen molar-refractivity contribution in [3.8, 4) is 33.9 Å². The average Bonchev–Trinajstić information content (AvgIpc) is 3.42. The fourth-order valence-electron chi connectivity index (χ4n) is 3.96. The Morgan fingerprint density at radius 1 is 0.636 bits per heavy atom. The largest absolute Gasteiger partial charge is 0.338 e. The summed E-state index contributed by atoms with van der Waals surface area (Å²) < 4.78 is 14.3. The lowest BCUT2D eigenvalue weighted by molar-refractivity contribution is 0.630. The number of imidazole rings is 2. The molecule has 0 aliphatic rings. The molecule has 0 fully saturated rings. The van der Waals surface area contributed by atoms with E-state index in [2.05, 4.69) is 19.9 Å². The molecule has 0 spiro atoms. The average molecular weight is 473 g/mol. The van der Waals surface area contributed by atoms with Crippen molar-refractivity contribution in [1.82, 2.24) is 19.9 Å². The first kappa shape index (κ1) is 20.0. The van der Waals surface area contributed by atoms with Gasteiger partial charge in [0.1, 0.15) is 17.5 Å². The maximum Gasteiger partial charge on any atom is 0.142 e. The minimum absolute atomic E-state index is 0.272. The van der Waals surface area contributed by atoms with Crippen LogP contribution in [0.25, 0.3) is 56.0 Å². The molecule has 0 aliphatic carbocycles. The zero-order valence-corrected chi connectivity index (χ0v) is 18.5. The van der Waals surface area contributed by atoms with E-state index in [0.29, 0.717) is 15.9 Å². The summed E-state index contributed by atoms with van der Waals surface area (Å²) in [6.07, 6.45) is 0. The summed E-state index contributed by atoms with van der Waals surface area (Å²) in [6, 6.07) is 24.2. The molecular weight excluding hydrogens is 458 g/mol. The minimum atomic E-state index is -0.412. The normalized spacial score (nSPS) is 11.5. The van der Waals surface area contributed by atoms with Crippen molar-refractivity contribution in [3.05, 3.63) is 94.7 Å². The maximum absolute atomic E-state index is 14.3. The highest BCUT2D eigenvalue weighted by Gasteiger charge is 2.14. The summed E-state index contributed by atoms with van der Waals surface area (Å²) in [4.78, 5) is 15.7. The lowest BCUT2D eigenvalue weighted by Gasteiger charge is -2.03. The molecule has 4 aromatic carbocycles. The number of aromatic amines is 2. The highest BCUT2D eigenvalue weighted by atomic mass is 35.5. The van der Waals surface area contributed by atoms with Crippen LogP contribution in [0.15, 0.2) is 78.9 Å². The van der Waals surface area contributed by atoms with E-state index < -0.39 is 5.82 Å². The van der Waals surface area contributed by atoms with Crippen LogP contribution in [-0.2, 0) is 0 Å². The molecule has 6 rings (SSSR count). The molecule has 160 valence electrons. The molecule has 0 atom stereocenters. The minimum Gasteiger partial charge on any atom is -0.338 e. The summed E-state index contributed by atoms with van der Waals surface area (Å²) in [5.41, 5.74) is 6.60. The molecule has 33 heavy (non-hydrogen) atoms. The SMILES string of the molecule is Fc1cccc(Cl)c1-c1nc2cc(-c3ccc(-c4nc5cc(Cl)ccc5[nH]4)cc3)ccc2[nH]1. The van der Waals surface area contributed by atoms with Crippen molar-refractivity contribution in [2.24, 2.45) is 0 Å². The topological polar surface area (TPSA) is 57.4 Å². The number of aromatic nitrogens is 4. The van der Waals surface area contributed by atoms with Crippen molar-refractivity contribution >= 4 is 45.3 Å². The Morgan fingerprint density at radius 2 is 1.27 bits per heavy atom. The van der Waals surface area contributed by atoms with E-state index in [4.69, 9.17) is 23.2 Å². The first-order valence-corrected chi connectivity index (χ1v) is 11.0. The second-order valence-electron chi connectivity index (χ2n) is 7.74. The Bertz CT molecular complexity index is 1630. The summed E-state index contributed by atoms with van der Waals surface area (Å²) >= 11 is 12.3. The lowest BCUT2D eigenvalue weighted by Crippen LogP contribution is -1.87. The third-order valence-corrected chi connectivity index (χ3v) is 6.17. The molecular formula is C26H15Cl2FN4. The van der Waals surface area contributed by atoms with Crippen LogP contribution in [-0.4, -0.2) is 19.9 Å². The summed E-state index contributed by atoms with van der Waals surface area (Å²) in [5, 5.41) is 0.975. The Hall–Kier alpha value is -3.67. The summed E-state index contributed by atoms with van der Waals surface area (Å²) in [7, 11) is 0. The number of hydrogen-bond acceptors (Lipinski definition) is 2. The molecule has 2 heterocycles. The van der Waals surface area contributed by atoms with Gasteiger partial charge in [-0.1, -0.05) is 59.6 Å². The van der Waals surface area contributed by atoms with Crippen LogP contribution in [0.2, 0.25) is 10.0 Å². The van der Waals surface area contributed by atoms with Gasteiger partial charge in [0.2, 0.25) is 0 Å². The summed E-state index contributed by atoms with van der Waals surface area (Å²) in [5.74, 6) is 0.781. The third kappa shape index (κ3) is 3.55. The van der Waals surface area contributed by atoms with E-state index in [1.807, 2.05) is 60.7 Å². The molecule has 2 N–H and O–H groups in total. The van der Waals surface area contributed by atoms with Crippen LogP contribution in [0.3, 0.4) is 0 Å². The molecule has 0 aliphatic heterocycles. The van der Waals surface area contributed by atoms with Crippen LogP contribution >= 0.6 is 23.2 Å². The number of nitrogens with zero attached hydrogens (tertiary/aromatic N) is 2. The number of nitrogens with one attached hydrogen (secondary N) is 2. The van der Waals surface area contributed by atoms with Crippen molar-refractivity contribution in [3.63, 3.8) is 0 Å². The lowest BCUT2D eigenvalue weighted by atomic mass is 10.0. The van der Waals surface area contributed by atoms with Gasteiger partial charge in [0.25, 0.3) is 0 Å². The second kappa shape index (κ2) is 7.73. The van der Waals surface area contributed by atoms with Gasteiger partial charge in [-0.05, 0) is 53.6 Å². The zero-order valence-electron chi connectivity index (χ0n) is 17.0. The Balaban J connectivity index is 1.34. The van der Waals surface area contributed by atoms with Gasteiger partial charge in [0.05, 0.1) is 32.7 Å². The molecule has 2 aromatic heterocycles. The van der Waals surface area contributed by atoms with Gasteiger partial charge in [-0.2, -0.15) is 0 Å². The van der Waals surface area contributed by atoms with Gasteiger partial charge in [-0.3, -0.25) is 0 Å². The second-order valence-corrected chi connectivity index (χ2v) is 8.58. The molecule has 0 unspecified atom stereocenters. The van der Waals surface area contributed by atoms with Crippen molar-refractivity contribution < 1.29 is 4.39 Å². The number of benzene rings is 4. The predicted molar refractivity (Wildman–Crippen MR) is 132 cm³/mol. The van der Waals surface area contributed by atoms with E-state index in [9.17, 15) is 4.39 Å². The quantitative estimate of drug-likeness (QED) is 0.275. The third-order valence-electron chi connectivity index (χ3n) is 5.62. The number of fused-ring (bicyclic) bond motifs is 2. The zero-order chi connectivity index (χ0) is 22.5. The van der Waals surface area contributed by atoms with Crippen LogP contribution < -0.4 is 0 Å². The molecule has 0 saturated heterocycles. The van der Waals surface area contributed by atoms with Gasteiger partial charge >= 0.3 is 0 Å². The highest BCUT2D eigenvalue weighted by molar-refractivity contribution is 6.33.